The van der Waals surface area contributed by atoms with Gasteiger partial charge in [0.1, 0.15) is 0 Å². The third-order valence-corrected chi connectivity index (χ3v) is 1.75. The van der Waals surface area contributed by atoms with Gasteiger partial charge in [0.2, 0.25) is 0 Å². The Balaban J connectivity index is 3.71. The molecule has 0 saturated heterocycles. The smallest absolute Gasteiger partial charge is 0.319 e. The first-order chi connectivity index (χ1) is 6.24. The van der Waals surface area contributed by atoms with Crippen LogP contribution in [0.2, 0.25) is 0 Å². The van der Waals surface area contributed by atoms with Crippen molar-refractivity contribution in [2.24, 2.45) is 0 Å². The van der Waals surface area contributed by atoms with Crippen molar-refractivity contribution in [3.05, 3.63) is 0 Å². The van der Waals surface area contributed by atoms with Crippen molar-refractivity contribution < 1.29 is 14.6 Å². The molecule has 0 aliphatic carbocycles. The van der Waals surface area contributed by atoms with Crippen molar-refractivity contribution in [3.8, 4) is 0 Å². The van der Waals surface area contributed by atoms with Gasteiger partial charge in [-0.3, -0.25) is 9.69 Å². The molecule has 0 aliphatic rings. The van der Waals surface area contributed by atoms with E-state index in [1.54, 1.807) is 0 Å². The molecule has 0 aromatic heterocycles. The number of rotatable bonds is 7. The molecule has 0 fully saturated rings. The van der Waals surface area contributed by atoms with E-state index in [1.165, 1.54) is 7.11 Å². The average molecular weight is 189 g/mol. The van der Waals surface area contributed by atoms with Crippen LogP contribution in [0, 0.1) is 0 Å². The molecule has 1 N–H and O–H groups in total. The van der Waals surface area contributed by atoms with Crippen LogP contribution in [0.3, 0.4) is 0 Å². The Labute approximate surface area is 79.5 Å². The minimum absolute atomic E-state index is 0.168. The Hall–Kier alpha value is -0.610. The maximum Gasteiger partial charge on any atom is 0.319 e. The summed E-state index contributed by atoms with van der Waals surface area (Å²) in [5, 5.41) is 8.63. The van der Waals surface area contributed by atoms with Crippen molar-refractivity contribution in [2.75, 3.05) is 33.4 Å². The van der Waals surface area contributed by atoms with Crippen LogP contribution in [0.15, 0.2) is 0 Å². The van der Waals surface area contributed by atoms with Crippen molar-refractivity contribution in [2.45, 2.75) is 19.8 Å². The molecule has 0 aromatic carbocycles. The second-order valence-electron chi connectivity index (χ2n) is 2.93. The van der Waals surface area contributed by atoms with E-state index in [1.807, 2.05) is 4.90 Å². The molecule has 0 radical (unpaired) electrons. The maximum absolute atomic E-state index is 10.9. The number of hydrogen-bond acceptors (Lipinski definition) is 4. The monoisotopic (exact) mass is 189 g/mol. The summed E-state index contributed by atoms with van der Waals surface area (Å²) >= 11 is 0. The third-order valence-electron chi connectivity index (χ3n) is 1.75. The zero-order chi connectivity index (χ0) is 10.1. The van der Waals surface area contributed by atoms with E-state index in [0.29, 0.717) is 13.0 Å². The number of aliphatic hydroxyl groups is 1. The predicted octanol–water partition coefficient (Wildman–Crippen LogP) is 0.254. The van der Waals surface area contributed by atoms with Gasteiger partial charge in [-0.05, 0) is 19.4 Å². The van der Waals surface area contributed by atoms with Gasteiger partial charge >= 0.3 is 5.97 Å². The summed E-state index contributed by atoms with van der Waals surface area (Å²) in [5.41, 5.74) is 0. The number of carbonyl (C=O) groups excluding carboxylic acids is 1. The molecule has 0 heterocycles. The van der Waals surface area contributed by atoms with Gasteiger partial charge in [-0.2, -0.15) is 0 Å². The quantitative estimate of drug-likeness (QED) is 0.583. The van der Waals surface area contributed by atoms with Gasteiger partial charge in [0.05, 0.1) is 13.7 Å². The molecule has 4 nitrogen and oxygen atoms in total. The van der Waals surface area contributed by atoms with E-state index >= 15 is 0 Å². The molecule has 0 rings (SSSR count). The summed E-state index contributed by atoms with van der Waals surface area (Å²) in [7, 11) is 1.39. The Kier molecular flexibility index (Phi) is 7.63. The van der Waals surface area contributed by atoms with E-state index in [9.17, 15) is 4.79 Å². The Morgan fingerprint density at radius 2 is 2.15 bits per heavy atom. The number of methoxy groups -OCH3 is 1. The van der Waals surface area contributed by atoms with Crippen LogP contribution in [0.1, 0.15) is 19.8 Å². The lowest BCUT2D eigenvalue weighted by molar-refractivity contribution is -0.142. The molecule has 0 spiro atoms. The van der Waals surface area contributed by atoms with Crippen LogP contribution < -0.4 is 0 Å². The standard InChI is InChI=1S/C9H19NO3/c1-3-5-10(6-4-7-11)8-9(12)13-2/h11H,3-8H2,1-2H3. The highest BCUT2D eigenvalue weighted by atomic mass is 16.5. The van der Waals surface area contributed by atoms with E-state index in [2.05, 4.69) is 11.7 Å². The highest BCUT2D eigenvalue weighted by Crippen LogP contribution is 1.94. The summed E-state index contributed by atoms with van der Waals surface area (Å²) in [5.74, 6) is -0.216. The first-order valence-corrected chi connectivity index (χ1v) is 4.64. The molecule has 0 amide bonds. The molecule has 0 unspecified atom stereocenters. The number of carbonyl (C=O) groups is 1. The number of nitrogens with zero attached hydrogens (tertiary/aromatic N) is 1. The van der Waals surface area contributed by atoms with E-state index in [4.69, 9.17) is 5.11 Å². The summed E-state index contributed by atoms with van der Waals surface area (Å²) in [4.78, 5) is 12.9. The minimum Gasteiger partial charge on any atom is -0.468 e. The molecular weight excluding hydrogens is 170 g/mol. The fourth-order valence-corrected chi connectivity index (χ4v) is 1.13. The van der Waals surface area contributed by atoms with Crippen LogP contribution in [-0.2, 0) is 9.53 Å². The van der Waals surface area contributed by atoms with Gasteiger partial charge in [-0.25, -0.2) is 0 Å². The molecular formula is C9H19NO3. The van der Waals surface area contributed by atoms with Gasteiger partial charge in [0.25, 0.3) is 0 Å². The minimum atomic E-state index is -0.216. The van der Waals surface area contributed by atoms with Crippen LogP contribution in [0.25, 0.3) is 0 Å². The topological polar surface area (TPSA) is 49.8 Å². The predicted molar refractivity (Wildman–Crippen MR) is 50.4 cm³/mol. The lowest BCUT2D eigenvalue weighted by Crippen LogP contribution is -2.32. The Morgan fingerprint density at radius 3 is 2.62 bits per heavy atom. The highest BCUT2D eigenvalue weighted by Gasteiger charge is 2.08. The summed E-state index contributed by atoms with van der Waals surface area (Å²) in [6.07, 6.45) is 1.71. The third kappa shape index (κ3) is 6.54. The van der Waals surface area contributed by atoms with Crippen LogP contribution in [-0.4, -0.2) is 49.3 Å². The summed E-state index contributed by atoms with van der Waals surface area (Å²) in [6.45, 7) is 4.17. The summed E-state index contributed by atoms with van der Waals surface area (Å²) < 4.78 is 4.56. The highest BCUT2D eigenvalue weighted by molar-refractivity contribution is 5.71. The fourth-order valence-electron chi connectivity index (χ4n) is 1.13. The van der Waals surface area contributed by atoms with Gasteiger partial charge < -0.3 is 9.84 Å². The largest absolute Gasteiger partial charge is 0.468 e. The van der Waals surface area contributed by atoms with Crippen LogP contribution in [0.5, 0.6) is 0 Å². The molecule has 0 bridgehead atoms. The molecule has 0 aliphatic heterocycles. The first-order valence-electron chi connectivity index (χ1n) is 4.64. The van der Waals surface area contributed by atoms with Crippen molar-refractivity contribution >= 4 is 5.97 Å². The molecule has 13 heavy (non-hydrogen) atoms. The zero-order valence-electron chi connectivity index (χ0n) is 8.45. The lowest BCUT2D eigenvalue weighted by Gasteiger charge is -2.19. The molecule has 0 atom stereocenters. The SMILES string of the molecule is CCCN(CCCO)CC(=O)OC. The normalized spacial score (nSPS) is 10.5. The van der Waals surface area contributed by atoms with Crippen molar-refractivity contribution in [1.29, 1.82) is 0 Å². The molecule has 0 saturated carbocycles. The summed E-state index contributed by atoms with van der Waals surface area (Å²) in [6, 6.07) is 0. The van der Waals surface area contributed by atoms with Crippen molar-refractivity contribution in [3.63, 3.8) is 0 Å². The Bertz CT molecular complexity index is 139. The fraction of sp³-hybridized carbons (Fsp3) is 0.889. The van der Waals surface area contributed by atoms with E-state index < -0.39 is 0 Å². The number of ether oxygens (including phenoxy) is 1. The molecule has 4 heteroatoms. The molecule has 0 aromatic rings. The van der Waals surface area contributed by atoms with Gasteiger partial charge in [0.15, 0.2) is 0 Å². The van der Waals surface area contributed by atoms with Gasteiger partial charge in [0, 0.05) is 13.2 Å². The van der Waals surface area contributed by atoms with Gasteiger partial charge in [-0.15, -0.1) is 0 Å². The average Bonchev–Trinajstić information content (AvgIpc) is 2.14. The second kappa shape index (κ2) is 8.01. The zero-order valence-corrected chi connectivity index (χ0v) is 8.45. The maximum atomic E-state index is 10.9. The number of aliphatic hydroxyl groups excluding tert-OH is 1. The van der Waals surface area contributed by atoms with Crippen molar-refractivity contribution in [1.82, 2.24) is 4.90 Å². The van der Waals surface area contributed by atoms with Gasteiger partial charge in [-0.1, -0.05) is 6.92 Å². The van der Waals surface area contributed by atoms with E-state index in [0.717, 1.165) is 19.5 Å². The number of esters is 1. The van der Waals surface area contributed by atoms with Crippen LogP contribution >= 0.6 is 0 Å². The van der Waals surface area contributed by atoms with Crippen LogP contribution in [0.4, 0.5) is 0 Å². The van der Waals surface area contributed by atoms with E-state index in [-0.39, 0.29) is 12.6 Å². The molecule has 78 valence electrons. The second-order valence-corrected chi connectivity index (χ2v) is 2.93. The first kappa shape index (κ1) is 12.4. The lowest BCUT2D eigenvalue weighted by atomic mass is 10.3. The number of hydrogen-bond donors (Lipinski definition) is 1. The Morgan fingerprint density at radius 1 is 1.46 bits per heavy atom.